The van der Waals surface area contributed by atoms with Gasteiger partial charge in [0.25, 0.3) is 0 Å². The van der Waals surface area contributed by atoms with E-state index in [-0.39, 0.29) is 6.04 Å². The summed E-state index contributed by atoms with van der Waals surface area (Å²) in [4.78, 5) is 0. The third-order valence-electron chi connectivity index (χ3n) is 3.57. The molecule has 6 heteroatoms. The molecule has 2 heterocycles. The lowest BCUT2D eigenvalue weighted by molar-refractivity contribution is 0.414. The molecule has 3 N–H and O–H groups in total. The van der Waals surface area contributed by atoms with Crippen molar-refractivity contribution in [2.24, 2.45) is 5.84 Å². The number of hydrogen-bond donors (Lipinski definition) is 2. The van der Waals surface area contributed by atoms with Gasteiger partial charge in [0.05, 0.1) is 17.3 Å². The third kappa shape index (κ3) is 2.68. The molecule has 0 amide bonds. The molecule has 5 nitrogen and oxygen atoms in total. The maximum atomic E-state index is 5.83. The second-order valence-corrected chi connectivity index (χ2v) is 5.22. The molecule has 1 unspecified atom stereocenters. The van der Waals surface area contributed by atoms with Crippen molar-refractivity contribution >= 4 is 22.5 Å². The van der Waals surface area contributed by atoms with E-state index >= 15 is 0 Å². The van der Waals surface area contributed by atoms with Gasteiger partial charge in [0.2, 0.25) is 0 Å². The highest BCUT2D eigenvalue weighted by Gasteiger charge is 2.18. The number of para-hydroxylation sites is 1. The van der Waals surface area contributed by atoms with Crippen LogP contribution in [0, 0.1) is 0 Å². The van der Waals surface area contributed by atoms with Gasteiger partial charge < -0.3 is 4.42 Å². The van der Waals surface area contributed by atoms with Crippen LogP contribution in [0.3, 0.4) is 0 Å². The Kier molecular flexibility index (Phi) is 3.96. The number of rotatable bonds is 5. The summed E-state index contributed by atoms with van der Waals surface area (Å²) < 4.78 is 7.44. The predicted octanol–water partition coefficient (Wildman–Crippen LogP) is 3.05. The molecule has 0 aliphatic heterocycles. The maximum Gasteiger partial charge on any atom is 0.193 e. The van der Waals surface area contributed by atoms with E-state index in [2.05, 4.69) is 29.6 Å². The van der Waals surface area contributed by atoms with Crippen LogP contribution in [0.1, 0.15) is 24.4 Å². The number of aromatic nitrogens is 2. The highest BCUT2D eigenvalue weighted by atomic mass is 35.5. The van der Waals surface area contributed by atoms with Gasteiger partial charge in [-0.1, -0.05) is 18.2 Å². The number of nitrogens with two attached hydrogens (primary N) is 1. The zero-order chi connectivity index (χ0) is 14.8. The standard InChI is InChI=1S/C15H17ClN4O/c1-2-20-13-6-4-3-5-10(13)11(19-20)9-12(18-17)14-7-8-15(16)21-14/h3-8,12,18H,2,9,17H2,1H3. The summed E-state index contributed by atoms with van der Waals surface area (Å²) >= 11 is 5.83. The van der Waals surface area contributed by atoms with Crippen molar-refractivity contribution < 1.29 is 4.42 Å². The minimum absolute atomic E-state index is 0.166. The largest absolute Gasteiger partial charge is 0.448 e. The molecule has 0 bridgehead atoms. The first-order valence-corrected chi connectivity index (χ1v) is 7.26. The molecular weight excluding hydrogens is 288 g/mol. The van der Waals surface area contributed by atoms with Crippen LogP contribution in [-0.2, 0) is 13.0 Å². The normalized spacial score (nSPS) is 12.9. The van der Waals surface area contributed by atoms with Crippen LogP contribution in [0.15, 0.2) is 40.8 Å². The fourth-order valence-electron chi connectivity index (χ4n) is 2.54. The van der Waals surface area contributed by atoms with Gasteiger partial charge >= 0.3 is 0 Å². The third-order valence-corrected chi connectivity index (χ3v) is 3.77. The Hall–Kier alpha value is -1.82. The first-order valence-electron chi connectivity index (χ1n) is 6.88. The summed E-state index contributed by atoms with van der Waals surface area (Å²) in [5.41, 5.74) is 4.89. The van der Waals surface area contributed by atoms with Gasteiger partial charge in [0.15, 0.2) is 5.22 Å². The van der Waals surface area contributed by atoms with E-state index in [0.717, 1.165) is 23.1 Å². The Balaban J connectivity index is 1.97. The van der Waals surface area contributed by atoms with Gasteiger partial charge in [0.1, 0.15) is 5.76 Å². The van der Waals surface area contributed by atoms with Crippen LogP contribution in [0.25, 0.3) is 10.9 Å². The highest BCUT2D eigenvalue weighted by Crippen LogP contribution is 2.26. The Morgan fingerprint density at radius 3 is 2.81 bits per heavy atom. The Morgan fingerprint density at radius 2 is 2.14 bits per heavy atom. The van der Waals surface area contributed by atoms with Gasteiger partial charge in [-0.3, -0.25) is 10.5 Å². The van der Waals surface area contributed by atoms with E-state index < -0.39 is 0 Å². The molecule has 0 spiro atoms. The zero-order valence-corrected chi connectivity index (χ0v) is 12.5. The number of furan rings is 1. The number of hydrazine groups is 1. The van der Waals surface area contributed by atoms with Crippen molar-refractivity contribution in [1.29, 1.82) is 0 Å². The second-order valence-electron chi connectivity index (χ2n) is 4.84. The monoisotopic (exact) mass is 304 g/mol. The minimum Gasteiger partial charge on any atom is -0.448 e. The lowest BCUT2D eigenvalue weighted by Gasteiger charge is -2.11. The first-order chi connectivity index (χ1) is 10.2. The van der Waals surface area contributed by atoms with Gasteiger partial charge in [-0.25, -0.2) is 5.43 Å². The van der Waals surface area contributed by atoms with Crippen LogP contribution < -0.4 is 11.3 Å². The summed E-state index contributed by atoms with van der Waals surface area (Å²) in [7, 11) is 0. The fourth-order valence-corrected chi connectivity index (χ4v) is 2.69. The summed E-state index contributed by atoms with van der Waals surface area (Å²) in [6.45, 7) is 2.90. The number of halogens is 1. The number of hydrogen-bond acceptors (Lipinski definition) is 4. The summed E-state index contributed by atoms with van der Waals surface area (Å²) in [5, 5.41) is 6.17. The molecule has 0 aliphatic rings. The van der Waals surface area contributed by atoms with Gasteiger partial charge in [-0.05, 0) is 36.7 Å². The predicted molar refractivity (Wildman–Crippen MR) is 82.9 cm³/mol. The number of fused-ring (bicyclic) bond motifs is 1. The van der Waals surface area contributed by atoms with Crippen LogP contribution in [0.4, 0.5) is 0 Å². The van der Waals surface area contributed by atoms with Gasteiger partial charge in [0, 0.05) is 18.4 Å². The summed E-state index contributed by atoms with van der Waals surface area (Å²) in [5.74, 6) is 6.36. The van der Waals surface area contributed by atoms with E-state index in [4.69, 9.17) is 21.9 Å². The summed E-state index contributed by atoms with van der Waals surface area (Å²) in [6.07, 6.45) is 0.633. The molecule has 0 radical (unpaired) electrons. The number of nitrogens with one attached hydrogen (secondary N) is 1. The highest BCUT2D eigenvalue weighted by molar-refractivity contribution is 6.28. The van der Waals surface area contributed by atoms with Crippen molar-refractivity contribution in [2.45, 2.75) is 25.9 Å². The molecule has 1 atom stereocenters. The molecule has 0 saturated heterocycles. The number of aryl methyl sites for hydroxylation is 1. The maximum absolute atomic E-state index is 5.83. The molecule has 0 saturated carbocycles. The van der Waals surface area contributed by atoms with Crippen molar-refractivity contribution in [2.75, 3.05) is 0 Å². The lowest BCUT2D eigenvalue weighted by atomic mass is 10.1. The molecule has 21 heavy (non-hydrogen) atoms. The van der Waals surface area contributed by atoms with E-state index in [0.29, 0.717) is 17.4 Å². The summed E-state index contributed by atoms with van der Waals surface area (Å²) in [6, 6.07) is 11.6. The molecule has 3 rings (SSSR count). The van der Waals surface area contributed by atoms with Crippen LogP contribution >= 0.6 is 11.6 Å². The van der Waals surface area contributed by atoms with Crippen molar-refractivity contribution in [3.8, 4) is 0 Å². The minimum atomic E-state index is -0.166. The van der Waals surface area contributed by atoms with Gasteiger partial charge in [-0.2, -0.15) is 5.10 Å². The number of nitrogens with zero attached hydrogens (tertiary/aromatic N) is 2. The molecule has 0 fully saturated rings. The van der Waals surface area contributed by atoms with Crippen LogP contribution in [0.5, 0.6) is 0 Å². The van der Waals surface area contributed by atoms with E-state index in [1.807, 2.05) is 22.9 Å². The smallest absolute Gasteiger partial charge is 0.193 e. The molecule has 2 aromatic heterocycles. The van der Waals surface area contributed by atoms with Gasteiger partial charge in [-0.15, -0.1) is 0 Å². The lowest BCUT2D eigenvalue weighted by Crippen LogP contribution is -2.29. The van der Waals surface area contributed by atoms with Crippen molar-refractivity contribution in [1.82, 2.24) is 15.2 Å². The molecule has 3 aromatic rings. The molecule has 1 aromatic carbocycles. The number of benzene rings is 1. The topological polar surface area (TPSA) is 69.0 Å². The Bertz CT molecular complexity index is 749. The first kappa shape index (κ1) is 14.1. The van der Waals surface area contributed by atoms with Crippen LogP contribution in [0.2, 0.25) is 5.22 Å². The van der Waals surface area contributed by atoms with E-state index in [9.17, 15) is 0 Å². The average Bonchev–Trinajstić information content (AvgIpc) is 3.09. The van der Waals surface area contributed by atoms with Crippen molar-refractivity contribution in [3.63, 3.8) is 0 Å². The Morgan fingerprint density at radius 1 is 1.33 bits per heavy atom. The van der Waals surface area contributed by atoms with E-state index in [1.54, 1.807) is 6.07 Å². The molecular formula is C15H17ClN4O. The quantitative estimate of drug-likeness (QED) is 0.561. The second kappa shape index (κ2) is 5.89. The SMILES string of the molecule is CCn1nc(CC(NN)c2ccc(Cl)o2)c2ccccc21. The average molecular weight is 305 g/mol. The van der Waals surface area contributed by atoms with Crippen LogP contribution in [-0.4, -0.2) is 9.78 Å². The van der Waals surface area contributed by atoms with Crippen molar-refractivity contribution in [3.05, 3.63) is 53.1 Å². The molecule has 110 valence electrons. The zero-order valence-electron chi connectivity index (χ0n) is 11.7. The van der Waals surface area contributed by atoms with E-state index in [1.165, 1.54) is 0 Å². The Labute approximate surface area is 127 Å². The molecule has 0 aliphatic carbocycles. The fraction of sp³-hybridized carbons (Fsp3) is 0.267.